The van der Waals surface area contributed by atoms with Gasteiger partial charge in [0.2, 0.25) is 0 Å². The Labute approximate surface area is 146 Å². The van der Waals surface area contributed by atoms with Crippen LogP contribution in [-0.4, -0.2) is 22.8 Å². The molecular weight excluding hydrogens is 318 g/mol. The largest absolute Gasteiger partial charge is 0.352 e. The van der Waals surface area contributed by atoms with E-state index < -0.39 is 0 Å². The van der Waals surface area contributed by atoms with Gasteiger partial charge in [-0.15, -0.1) is 11.3 Å². The van der Waals surface area contributed by atoms with Crippen LogP contribution in [0.15, 0.2) is 59.2 Å². The van der Waals surface area contributed by atoms with E-state index in [1.54, 1.807) is 24.6 Å². The number of hydrogen-bond donors (Lipinski definition) is 2. The topological polar surface area (TPSA) is 54.2 Å². The van der Waals surface area contributed by atoms with Crippen molar-refractivity contribution in [3.63, 3.8) is 0 Å². The second kappa shape index (κ2) is 7.79. The molecule has 6 heteroatoms. The number of thiophene rings is 1. The molecule has 0 aliphatic rings. The molecular formula is C18H21N5S. The van der Waals surface area contributed by atoms with Gasteiger partial charge in [-0.1, -0.05) is 12.1 Å². The summed E-state index contributed by atoms with van der Waals surface area (Å²) in [4.78, 5) is 5.61. The zero-order valence-electron chi connectivity index (χ0n) is 13.9. The lowest BCUT2D eigenvalue weighted by molar-refractivity contribution is 0.812. The fourth-order valence-corrected chi connectivity index (χ4v) is 3.19. The van der Waals surface area contributed by atoms with Gasteiger partial charge in [-0.25, -0.2) is 4.68 Å². The van der Waals surface area contributed by atoms with Crippen molar-refractivity contribution in [3.8, 4) is 5.69 Å². The van der Waals surface area contributed by atoms with Gasteiger partial charge < -0.3 is 10.6 Å². The fourth-order valence-electron chi connectivity index (χ4n) is 2.34. The summed E-state index contributed by atoms with van der Waals surface area (Å²) in [6.45, 7) is 3.65. The Kier molecular flexibility index (Phi) is 5.28. The summed E-state index contributed by atoms with van der Waals surface area (Å²) < 4.78 is 1.85. The Bertz CT molecular complexity index is 787. The van der Waals surface area contributed by atoms with Crippen molar-refractivity contribution in [1.29, 1.82) is 0 Å². The molecule has 2 heterocycles. The number of benzene rings is 1. The summed E-state index contributed by atoms with van der Waals surface area (Å²) in [6, 6.07) is 12.4. The Morgan fingerprint density at radius 3 is 2.58 bits per heavy atom. The summed E-state index contributed by atoms with van der Waals surface area (Å²) in [5, 5.41) is 13.0. The van der Waals surface area contributed by atoms with Gasteiger partial charge in [-0.2, -0.15) is 5.10 Å². The van der Waals surface area contributed by atoms with E-state index in [0.717, 1.165) is 24.7 Å². The van der Waals surface area contributed by atoms with Crippen molar-refractivity contribution in [2.75, 3.05) is 7.05 Å². The van der Waals surface area contributed by atoms with Crippen LogP contribution in [0.3, 0.4) is 0 Å². The average Bonchev–Trinajstić information content (AvgIpc) is 3.28. The third-order valence-corrected chi connectivity index (χ3v) is 4.80. The normalized spacial score (nSPS) is 11.5. The first kappa shape index (κ1) is 16.3. The minimum absolute atomic E-state index is 0.725. The van der Waals surface area contributed by atoms with Crippen molar-refractivity contribution < 1.29 is 0 Å². The van der Waals surface area contributed by atoms with Crippen LogP contribution >= 0.6 is 11.3 Å². The summed E-state index contributed by atoms with van der Waals surface area (Å²) in [5.74, 6) is 0.805. The number of aryl methyl sites for hydroxylation is 1. The lowest BCUT2D eigenvalue weighted by Crippen LogP contribution is -2.36. The molecule has 5 nitrogen and oxygen atoms in total. The highest BCUT2D eigenvalue weighted by atomic mass is 32.1. The molecule has 2 aromatic heterocycles. The number of aliphatic imine (C=N–C) groups is 1. The molecule has 0 radical (unpaired) electrons. The van der Waals surface area contributed by atoms with E-state index in [-0.39, 0.29) is 0 Å². The molecule has 0 fully saturated rings. The summed E-state index contributed by atoms with van der Waals surface area (Å²) in [5.41, 5.74) is 3.57. The Balaban J connectivity index is 1.53. The van der Waals surface area contributed by atoms with Crippen LogP contribution in [0.5, 0.6) is 0 Å². The van der Waals surface area contributed by atoms with Gasteiger partial charge in [0, 0.05) is 30.9 Å². The Hall–Kier alpha value is -2.60. The molecule has 3 aromatic rings. The smallest absolute Gasteiger partial charge is 0.191 e. The molecule has 24 heavy (non-hydrogen) atoms. The van der Waals surface area contributed by atoms with E-state index in [4.69, 9.17) is 0 Å². The number of nitrogens with one attached hydrogen (secondary N) is 2. The molecule has 0 bridgehead atoms. The standard InChI is InChI=1S/C18H21N5S/c1-14-8-11-24-17(14)13-21-18(19-2)20-12-15-4-6-16(7-5-15)23-10-3-9-22-23/h3-11H,12-13H2,1-2H3,(H2,19,20,21). The first-order chi connectivity index (χ1) is 11.8. The molecule has 0 unspecified atom stereocenters. The molecule has 0 amide bonds. The molecule has 0 atom stereocenters. The maximum absolute atomic E-state index is 4.28. The molecule has 3 rings (SSSR count). The van der Waals surface area contributed by atoms with Crippen LogP contribution in [0.25, 0.3) is 5.69 Å². The minimum Gasteiger partial charge on any atom is -0.352 e. The van der Waals surface area contributed by atoms with Crippen LogP contribution in [0.1, 0.15) is 16.0 Å². The van der Waals surface area contributed by atoms with Crippen LogP contribution < -0.4 is 10.6 Å². The van der Waals surface area contributed by atoms with Gasteiger partial charge >= 0.3 is 0 Å². The summed E-state index contributed by atoms with van der Waals surface area (Å²) >= 11 is 1.76. The second-order valence-electron chi connectivity index (χ2n) is 5.42. The van der Waals surface area contributed by atoms with Gasteiger partial charge in [-0.3, -0.25) is 4.99 Å². The number of guanidine groups is 1. The molecule has 2 N–H and O–H groups in total. The van der Waals surface area contributed by atoms with Gasteiger partial charge in [0.05, 0.1) is 12.2 Å². The first-order valence-corrected chi connectivity index (χ1v) is 8.70. The van der Waals surface area contributed by atoms with Crippen LogP contribution in [-0.2, 0) is 13.1 Å². The Morgan fingerprint density at radius 2 is 1.96 bits per heavy atom. The zero-order valence-corrected chi connectivity index (χ0v) is 14.7. The highest BCUT2D eigenvalue weighted by Crippen LogP contribution is 2.14. The van der Waals surface area contributed by atoms with E-state index in [9.17, 15) is 0 Å². The maximum atomic E-state index is 4.28. The van der Waals surface area contributed by atoms with Crippen LogP contribution in [0.4, 0.5) is 0 Å². The van der Waals surface area contributed by atoms with E-state index >= 15 is 0 Å². The molecule has 0 spiro atoms. The van der Waals surface area contributed by atoms with Gasteiger partial charge in [-0.05, 0) is 47.7 Å². The lowest BCUT2D eigenvalue weighted by Gasteiger charge is -2.12. The monoisotopic (exact) mass is 339 g/mol. The quantitative estimate of drug-likeness (QED) is 0.555. The molecule has 0 aliphatic heterocycles. The van der Waals surface area contributed by atoms with Crippen molar-refractivity contribution in [3.05, 3.63) is 70.2 Å². The van der Waals surface area contributed by atoms with E-state index in [0.29, 0.717) is 0 Å². The highest BCUT2D eigenvalue weighted by Gasteiger charge is 2.03. The highest BCUT2D eigenvalue weighted by molar-refractivity contribution is 7.10. The number of aromatic nitrogens is 2. The van der Waals surface area contributed by atoms with Crippen molar-refractivity contribution >= 4 is 17.3 Å². The Morgan fingerprint density at radius 1 is 1.17 bits per heavy atom. The summed E-state index contributed by atoms with van der Waals surface area (Å²) in [6.07, 6.45) is 3.71. The summed E-state index contributed by atoms with van der Waals surface area (Å²) in [7, 11) is 1.79. The third kappa shape index (κ3) is 4.02. The van der Waals surface area contributed by atoms with Gasteiger partial charge in [0.25, 0.3) is 0 Å². The fraction of sp³-hybridized carbons (Fsp3) is 0.222. The molecule has 0 saturated carbocycles. The zero-order chi connectivity index (χ0) is 16.8. The van der Waals surface area contributed by atoms with Crippen LogP contribution in [0.2, 0.25) is 0 Å². The first-order valence-electron chi connectivity index (χ1n) is 7.82. The lowest BCUT2D eigenvalue weighted by atomic mass is 10.2. The SMILES string of the molecule is CN=C(NCc1ccc(-n2cccn2)cc1)NCc1sccc1C. The molecule has 0 saturated heterocycles. The number of rotatable bonds is 5. The van der Waals surface area contributed by atoms with E-state index in [1.165, 1.54) is 16.0 Å². The number of nitrogens with zero attached hydrogens (tertiary/aromatic N) is 3. The number of hydrogen-bond acceptors (Lipinski definition) is 3. The molecule has 1 aromatic carbocycles. The molecule has 0 aliphatic carbocycles. The van der Waals surface area contributed by atoms with E-state index in [2.05, 4.69) is 63.4 Å². The van der Waals surface area contributed by atoms with Crippen molar-refractivity contribution in [1.82, 2.24) is 20.4 Å². The molecule has 124 valence electrons. The predicted octanol–water partition coefficient (Wildman–Crippen LogP) is 3.11. The third-order valence-electron chi connectivity index (χ3n) is 3.77. The van der Waals surface area contributed by atoms with Crippen molar-refractivity contribution in [2.45, 2.75) is 20.0 Å². The van der Waals surface area contributed by atoms with E-state index in [1.807, 2.05) is 16.9 Å². The average molecular weight is 339 g/mol. The van der Waals surface area contributed by atoms with Gasteiger partial charge in [0.15, 0.2) is 5.96 Å². The van der Waals surface area contributed by atoms with Crippen LogP contribution in [0, 0.1) is 6.92 Å². The maximum Gasteiger partial charge on any atom is 0.191 e. The second-order valence-corrected chi connectivity index (χ2v) is 6.42. The predicted molar refractivity (Wildman–Crippen MR) is 99.7 cm³/mol. The minimum atomic E-state index is 0.725. The van der Waals surface area contributed by atoms with Gasteiger partial charge in [0.1, 0.15) is 0 Å². The van der Waals surface area contributed by atoms with Crippen molar-refractivity contribution in [2.24, 2.45) is 4.99 Å².